The number of nitrogens with zero attached hydrogens (tertiary/aromatic N) is 2. The average Bonchev–Trinajstić information content (AvgIpc) is 2.93. The van der Waals surface area contributed by atoms with Crippen LogP contribution in [0.1, 0.15) is 44.1 Å². The number of aromatic nitrogens is 2. The molecule has 4 heteroatoms. The first kappa shape index (κ1) is 14.6. The maximum Gasteiger partial charge on any atom is 0.118 e. The van der Waals surface area contributed by atoms with E-state index in [-0.39, 0.29) is 6.04 Å². The van der Waals surface area contributed by atoms with Crippen LogP contribution >= 0.6 is 0 Å². The molecule has 0 spiro atoms. The van der Waals surface area contributed by atoms with Crippen LogP contribution in [0.5, 0.6) is 5.75 Å². The molecule has 1 heterocycles. The molecule has 0 aliphatic carbocycles. The fourth-order valence-corrected chi connectivity index (χ4v) is 2.20. The van der Waals surface area contributed by atoms with E-state index in [1.165, 1.54) is 11.3 Å². The summed E-state index contributed by atoms with van der Waals surface area (Å²) in [5.41, 5.74) is 2.46. The number of benzene rings is 1. The molecule has 1 aromatic carbocycles. The minimum absolute atomic E-state index is 0.288. The van der Waals surface area contributed by atoms with Crippen LogP contribution < -0.4 is 10.1 Å². The van der Waals surface area contributed by atoms with E-state index in [2.05, 4.69) is 47.8 Å². The Kier molecular flexibility index (Phi) is 4.79. The lowest BCUT2D eigenvalue weighted by molar-refractivity contribution is 0.414. The third-order valence-electron chi connectivity index (χ3n) is 3.51. The molecule has 0 radical (unpaired) electrons. The minimum atomic E-state index is 0.288. The summed E-state index contributed by atoms with van der Waals surface area (Å²) in [5.74, 6) is 0.888. The maximum absolute atomic E-state index is 5.18. The van der Waals surface area contributed by atoms with Crippen LogP contribution in [0, 0.1) is 0 Å². The summed E-state index contributed by atoms with van der Waals surface area (Å²) in [4.78, 5) is 4.22. The molecule has 0 aliphatic rings. The van der Waals surface area contributed by atoms with E-state index in [4.69, 9.17) is 4.74 Å². The van der Waals surface area contributed by atoms with Gasteiger partial charge >= 0.3 is 0 Å². The van der Waals surface area contributed by atoms with Gasteiger partial charge in [-0.05, 0) is 38.5 Å². The first-order valence-electron chi connectivity index (χ1n) is 7.00. The molecule has 0 fully saturated rings. The molecular weight excluding hydrogens is 250 g/mol. The summed E-state index contributed by atoms with van der Waals surface area (Å²) < 4.78 is 7.37. The average molecular weight is 273 g/mol. The Bertz CT molecular complexity index is 531. The zero-order chi connectivity index (χ0) is 14.5. The lowest BCUT2D eigenvalue weighted by atomic mass is 10.1. The van der Waals surface area contributed by atoms with E-state index in [1.54, 1.807) is 7.11 Å². The van der Waals surface area contributed by atoms with Gasteiger partial charge in [0.2, 0.25) is 0 Å². The third kappa shape index (κ3) is 3.39. The van der Waals surface area contributed by atoms with Crippen molar-refractivity contribution in [2.45, 2.75) is 39.4 Å². The molecule has 1 N–H and O–H groups in total. The van der Waals surface area contributed by atoms with Gasteiger partial charge < -0.3 is 14.6 Å². The van der Waals surface area contributed by atoms with Crippen molar-refractivity contribution >= 4 is 0 Å². The second-order valence-electron chi connectivity index (χ2n) is 5.26. The van der Waals surface area contributed by atoms with Gasteiger partial charge in [0, 0.05) is 24.8 Å². The van der Waals surface area contributed by atoms with Crippen molar-refractivity contribution in [2.24, 2.45) is 0 Å². The van der Waals surface area contributed by atoms with Gasteiger partial charge in [0.25, 0.3) is 0 Å². The molecule has 0 bridgehead atoms. The zero-order valence-corrected chi connectivity index (χ0v) is 12.6. The Morgan fingerprint density at radius 1 is 1.20 bits per heavy atom. The Hall–Kier alpha value is -1.81. The van der Waals surface area contributed by atoms with E-state index < -0.39 is 0 Å². The number of nitrogens with one attached hydrogen (secondary N) is 1. The monoisotopic (exact) mass is 273 g/mol. The van der Waals surface area contributed by atoms with Gasteiger partial charge in [-0.25, -0.2) is 4.98 Å². The van der Waals surface area contributed by atoms with Gasteiger partial charge in [0.15, 0.2) is 0 Å². The van der Waals surface area contributed by atoms with Crippen LogP contribution in [0.15, 0.2) is 36.8 Å². The summed E-state index contributed by atoms with van der Waals surface area (Å²) in [7, 11) is 1.68. The quantitative estimate of drug-likeness (QED) is 0.877. The van der Waals surface area contributed by atoms with Gasteiger partial charge in [-0.15, -0.1) is 0 Å². The molecule has 0 saturated carbocycles. The first-order chi connectivity index (χ1) is 9.61. The van der Waals surface area contributed by atoms with Crippen molar-refractivity contribution in [1.82, 2.24) is 14.9 Å². The van der Waals surface area contributed by atoms with Crippen LogP contribution in [0.4, 0.5) is 0 Å². The summed E-state index contributed by atoms with van der Waals surface area (Å²) >= 11 is 0. The van der Waals surface area contributed by atoms with Crippen LogP contribution in [0.2, 0.25) is 0 Å². The molecule has 0 unspecified atom stereocenters. The lowest BCUT2D eigenvalue weighted by Crippen LogP contribution is -2.20. The predicted octanol–water partition coefficient (Wildman–Crippen LogP) is 3.32. The number of methoxy groups -OCH3 is 1. The molecule has 2 aromatic rings. The highest BCUT2D eigenvalue weighted by atomic mass is 16.5. The van der Waals surface area contributed by atoms with Gasteiger partial charge in [-0.3, -0.25) is 0 Å². The molecule has 20 heavy (non-hydrogen) atoms. The molecule has 0 saturated heterocycles. The van der Waals surface area contributed by atoms with Crippen LogP contribution in [0.3, 0.4) is 0 Å². The molecule has 0 aliphatic heterocycles. The predicted molar refractivity (Wildman–Crippen MR) is 80.9 cm³/mol. The number of imidazole rings is 1. The second-order valence-corrected chi connectivity index (χ2v) is 5.26. The number of hydrogen-bond acceptors (Lipinski definition) is 3. The van der Waals surface area contributed by atoms with Crippen molar-refractivity contribution in [3.05, 3.63) is 48.0 Å². The van der Waals surface area contributed by atoms with Crippen molar-refractivity contribution in [1.29, 1.82) is 0 Å². The van der Waals surface area contributed by atoms with Gasteiger partial charge in [-0.2, -0.15) is 0 Å². The number of ether oxygens (including phenoxy) is 1. The maximum atomic E-state index is 5.18. The molecule has 4 nitrogen and oxygen atoms in total. The highest BCUT2D eigenvalue weighted by molar-refractivity contribution is 5.28. The van der Waals surface area contributed by atoms with Gasteiger partial charge in [0.05, 0.1) is 19.1 Å². The zero-order valence-electron chi connectivity index (χ0n) is 12.6. The minimum Gasteiger partial charge on any atom is -0.497 e. The normalized spacial score (nSPS) is 12.7. The Labute approximate surface area is 120 Å². The fourth-order valence-electron chi connectivity index (χ4n) is 2.20. The molecule has 0 amide bonds. The van der Waals surface area contributed by atoms with Crippen molar-refractivity contribution in [3.63, 3.8) is 0 Å². The Balaban J connectivity index is 1.97. The topological polar surface area (TPSA) is 39.1 Å². The van der Waals surface area contributed by atoms with Crippen molar-refractivity contribution in [2.75, 3.05) is 7.11 Å². The van der Waals surface area contributed by atoms with E-state index in [0.717, 1.165) is 12.3 Å². The highest BCUT2D eigenvalue weighted by Crippen LogP contribution is 2.18. The molecule has 108 valence electrons. The smallest absolute Gasteiger partial charge is 0.118 e. The van der Waals surface area contributed by atoms with Crippen molar-refractivity contribution < 1.29 is 4.74 Å². The van der Waals surface area contributed by atoms with Crippen LogP contribution in [0.25, 0.3) is 0 Å². The van der Waals surface area contributed by atoms with E-state index in [1.807, 2.05) is 24.7 Å². The first-order valence-corrected chi connectivity index (χ1v) is 7.00. The Morgan fingerprint density at radius 2 is 1.90 bits per heavy atom. The summed E-state index contributed by atoms with van der Waals surface area (Å²) in [6, 6.07) is 8.89. The fraction of sp³-hybridized carbons (Fsp3) is 0.438. The van der Waals surface area contributed by atoms with Gasteiger partial charge in [0.1, 0.15) is 5.75 Å². The Morgan fingerprint density at radius 3 is 2.50 bits per heavy atom. The number of rotatable bonds is 6. The van der Waals surface area contributed by atoms with E-state index in [0.29, 0.717) is 6.04 Å². The third-order valence-corrected chi connectivity index (χ3v) is 3.51. The van der Waals surface area contributed by atoms with Crippen LogP contribution in [-0.2, 0) is 6.54 Å². The van der Waals surface area contributed by atoms with Crippen molar-refractivity contribution in [3.8, 4) is 5.75 Å². The van der Waals surface area contributed by atoms with E-state index >= 15 is 0 Å². The largest absolute Gasteiger partial charge is 0.497 e. The van der Waals surface area contributed by atoms with E-state index in [9.17, 15) is 0 Å². The van der Waals surface area contributed by atoms with Gasteiger partial charge in [-0.1, -0.05) is 12.1 Å². The second kappa shape index (κ2) is 6.57. The summed E-state index contributed by atoms with van der Waals surface area (Å²) in [5, 5.41) is 3.53. The molecule has 1 aromatic heterocycles. The summed E-state index contributed by atoms with van der Waals surface area (Å²) in [6.45, 7) is 7.30. The van der Waals surface area contributed by atoms with Crippen LogP contribution in [-0.4, -0.2) is 16.7 Å². The number of hydrogen-bond donors (Lipinski definition) is 1. The standard InChI is InChI=1S/C16H23N3O/c1-12(2)19-11-17-9-15(19)10-18-13(3)14-5-7-16(20-4)8-6-14/h5-9,11-13,18H,10H2,1-4H3/t13-/m0/s1. The lowest BCUT2D eigenvalue weighted by Gasteiger charge is -2.17. The molecule has 2 rings (SSSR count). The SMILES string of the molecule is COc1ccc([C@H](C)NCc2cncn2C(C)C)cc1. The molecular formula is C16H23N3O. The highest BCUT2D eigenvalue weighted by Gasteiger charge is 2.08. The summed E-state index contributed by atoms with van der Waals surface area (Å²) in [6.07, 6.45) is 3.81. The molecule has 1 atom stereocenters.